The van der Waals surface area contributed by atoms with Crippen LogP contribution in [0.2, 0.25) is 0 Å². The first kappa shape index (κ1) is 13.5. The van der Waals surface area contributed by atoms with Crippen molar-refractivity contribution in [1.82, 2.24) is 10.1 Å². The highest BCUT2D eigenvalue weighted by molar-refractivity contribution is 5.04. The van der Waals surface area contributed by atoms with Crippen LogP contribution >= 0.6 is 0 Å². The Labute approximate surface area is 108 Å². The Hall–Kier alpha value is -0.940. The second-order valence-corrected chi connectivity index (χ2v) is 5.08. The molecular weight excluding hydrogens is 230 g/mol. The number of rotatable bonds is 4. The molecule has 0 saturated heterocycles. The normalized spacial score (nSPS) is 21.5. The van der Waals surface area contributed by atoms with Gasteiger partial charge in [0, 0.05) is 7.11 Å². The van der Waals surface area contributed by atoms with Crippen LogP contribution in [0, 0.1) is 0 Å². The Morgan fingerprint density at radius 2 is 2.00 bits per heavy atom. The van der Waals surface area contributed by atoms with Crippen molar-refractivity contribution >= 4 is 0 Å². The molecule has 102 valence electrons. The van der Waals surface area contributed by atoms with E-state index in [1.54, 1.807) is 7.11 Å². The molecule has 0 unspecified atom stereocenters. The first-order valence-electron chi connectivity index (χ1n) is 6.86. The van der Waals surface area contributed by atoms with Gasteiger partial charge in [-0.1, -0.05) is 37.8 Å². The molecule has 2 rings (SSSR count). The number of methoxy groups -OCH3 is 1. The van der Waals surface area contributed by atoms with Gasteiger partial charge in [-0.25, -0.2) is 0 Å². The average molecular weight is 253 g/mol. The highest BCUT2D eigenvalue weighted by Gasteiger charge is 2.37. The molecule has 0 bridgehead atoms. The SMILES string of the molecule is CC[C@@H](N)c1nc(C2(OC)CCCCCC2)no1. The topological polar surface area (TPSA) is 74.2 Å². The average Bonchev–Trinajstić information content (AvgIpc) is 2.78. The largest absolute Gasteiger partial charge is 0.370 e. The summed E-state index contributed by atoms with van der Waals surface area (Å²) in [4.78, 5) is 4.46. The summed E-state index contributed by atoms with van der Waals surface area (Å²) < 4.78 is 11.0. The van der Waals surface area contributed by atoms with Gasteiger partial charge >= 0.3 is 0 Å². The molecule has 0 aliphatic heterocycles. The van der Waals surface area contributed by atoms with Gasteiger partial charge in [0.2, 0.25) is 11.7 Å². The van der Waals surface area contributed by atoms with E-state index in [0.717, 1.165) is 32.1 Å². The molecule has 5 heteroatoms. The van der Waals surface area contributed by atoms with Crippen LogP contribution < -0.4 is 5.73 Å². The number of hydrogen-bond acceptors (Lipinski definition) is 5. The van der Waals surface area contributed by atoms with E-state index >= 15 is 0 Å². The Morgan fingerprint density at radius 1 is 1.33 bits per heavy atom. The van der Waals surface area contributed by atoms with Crippen molar-refractivity contribution in [3.8, 4) is 0 Å². The van der Waals surface area contributed by atoms with Crippen LogP contribution in [0.1, 0.15) is 69.6 Å². The molecule has 5 nitrogen and oxygen atoms in total. The fourth-order valence-corrected chi connectivity index (χ4v) is 2.56. The highest BCUT2D eigenvalue weighted by Crippen LogP contribution is 2.37. The molecule has 1 aromatic rings. The van der Waals surface area contributed by atoms with E-state index in [1.807, 2.05) is 6.92 Å². The summed E-state index contributed by atoms with van der Waals surface area (Å²) in [5.41, 5.74) is 5.55. The fourth-order valence-electron chi connectivity index (χ4n) is 2.56. The molecule has 1 aromatic heterocycles. The molecule has 1 saturated carbocycles. The second kappa shape index (κ2) is 5.80. The van der Waals surface area contributed by atoms with Gasteiger partial charge in [0.05, 0.1) is 6.04 Å². The van der Waals surface area contributed by atoms with Gasteiger partial charge in [-0.05, 0) is 19.3 Å². The predicted octanol–water partition coefficient (Wildman–Crippen LogP) is 2.68. The van der Waals surface area contributed by atoms with Crippen LogP contribution in [-0.4, -0.2) is 17.3 Å². The molecule has 0 spiro atoms. The van der Waals surface area contributed by atoms with Gasteiger partial charge in [0.25, 0.3) is 0 Å². The van der Waals surface area contributed by atoms with E-state index in [0.29, 0.717) is 11.7 Å². The van der Waals surface area contributed by atoms with Gasteiger partial charge in [-0.2, -0.15) is 4.98 Å². The van der Waals surface area contributed by atoms with E-state index in [1.165, 1.54) is 12.8 Å². The van der Waals surface area contributed by atoms with Crippen LogP contribution in [0.25, 0.3) is 0 Å². The van der Waals surface area contributed by atoms with Crippen molar-refractivity contribution in [3.05, 3.63) is 11.7 Å². The van der Waals surface area contributed by atoms with E-state index in [4.69, 9.17) is 15.0 Å². The van der Waals surface area contributed by atoms with E-state index < -0.39 is 0 Å². The first-order valence-corrected chi connectivity index (χ1v) is 6.86. The molecule has 0 aromatic carbocycles. The van der Waals surface area contributed by atoms with Crippen molar-refractivity contribution in [2.24, 2.45) is 5.73 Å². The lowest BCUT2D eigenvalue weighted by Crippen LogP contribution is -2.29. The molecule has 0 radical (unpaired) electrons. The third kappa shape index (κ3) is 2.57. The second-order valence-electron chi connectivity index (χ2n) is 5.08. The van der Waals surface area contributed by atoms with Crippen LogP contribution in [0.4, 0.5) is 0 Å². The van der Waals surface area contributed by atoms with Crippen molar-refractivity contribution in [2.75, 3.05) is 7.11 Å². The lowest BCUT2D eigenvalue weighted by Gasteiger charge is -2.27. The van der Waals surface area contributed by atoms with Gasteiger partial charge in [0.1, 0.15) is 5.60 Å². The molecule has 1 aliphatic rings. The maximum atomic E-state index is 5.92. The zero-order valence-electron chi connectivity index (χ0n) is 11.3. The molecule has 1 fully saturated rings. The third-order valence-corrected chi connectivity index (χ3v) is 3.91. The minimum atomic E-state index is -0.369. The summed E-state index contributed by atoms with van der Waals surface area (Å²) in [6, 6.07) is -0.175. The number of nitrogens with two attached hydrogens (primary N) is 1. The smallest absolute Gasteiger partial charge is 0.243 e. The molecule has 1 heterocycles. The maximum absolute atomic E-state index is 5.92. The molecular formula is C13H23N3O2. The molecule has 18 heavy (non-hydrogen) atoms. The van der Waals surface area contributed by atoms with Gasteiger partial charge in [-0.3, -0.25) is 0 Å². The van der Waals surface area contributed by atoms with Crippen LogP contribution in [0.5, 0.6) is 0 Å². The number of hydrogen-bond donors (Lipinski definition) is 1. The summed E-state index contributed by atoms with van der Waals surface area (Å²) in [6.45, 7) is 2.01. The monoisotopic (exact) mass is 253 g/mol. The number of ether oxygens (including phenoxy) is 1. The van der Waals surface area contributed by atoms with Crippen LogP contribution in [0.3, 0.4) is 0 Å². The van der Waals surface area contributed by atoms with E-state index in [-0.39, 0.29) is 11.6 Å². The third-order valence-electron chi connectivity index (χ3n) is 3.91. The Bertz CT molecular complexity index is 370. The summed E-state index contributed by atoms with van der Waals surface area (Å²) in [7, 11) is 1.74. The zero-order chi connectivity index (χ0) is 13.0. The van der Waals surface area contributed by atoms with Gasteiger partial charge in [-0.15, -0.1) is 0 Å². The fraction of sp³-hybridized carbons (Fsp3) is 0.846. The standard InChI is InChI=1S/C13H23N3O2/c1-3-10(14)11-15-12(16-18-11)13(17-2)8-6-4-5-7-9-13/h10H,3-9,14H2,1-2H3/t10-/m1/s1. The summed E-state index contributed by atoms with van der Waals surface area (Å²) in [5, 5.41) is 4.10. The van der Waals surface area contributed by atoms with Gasteiger partial charge < -0.3 is 15.0 Å². The van der Waals surface area contributed by atoms with Crippen LogP contribution in [-0.2, 0) is 10.3 Å². The van der Waals surface area contributed by atoms with Crippen molar-refractivity contribution < 1.29 is 9.26 Å². The number of nitrogens with zero attached hydrogens (tertiary/aromatic N) is 2. The summed E-state index contributed by atoms with van der Waals surface area (Å²) >= 11 is 0. The lowest BCUT2D eigenvalue weighted by molar-refractivity contribution is -0.0365. The van der Waals surface area contributed by atoms with Crippen molar-refractivity contribution in [1.29, 1.82) is 0 Å². The molecule has 1 atom stereocenters. The van der Waals surface area contributed by atoms with E-state index in [9.17, 15) is 0 Å². The Morgan fingerprint density at radius 3 is 2.56 bits per heavy atom. The molecule has 2 N–H and O–H groups in total. The lowest BCUT2D eigenvalue weighted by atomic mass is 9.93. The molecule has 1 aliphatic carbocycles. The minimum Gasteiger partial charge on any atom is -0.370 e. The first-order chi connectivity index (χ1) is 8.72. The minimum absolute atomic E-state index is 0.175. The highest BCUT2D eigenvalue weighted by atomic mass is 16.5. The zero-order valence-corrected chi connectivity index (χ0v) is 11.3. The molecule has 0 amide bonds. The maximum Gasteiger partial charge on any atom is 0.243 e. The van der Waals surface area contributed by atoms with Crippen molar-refractivity contribution in [3.63, 3.8) is 0 Å². The Balaban J connectivity index is 2.23. The Kier molecular flexibility index (Phi) is 4.35. The van der Waals surface area contributed by atoms with Crippen LogP contribution in [0.15, 0.2) is 4.52 Å². The summed E-state index contributed by atoms with van der Waals surface area (Å²) in [5.74, 6) is 1.19. The quantitative estimate of drug-likeness (QED) is 0.835. The predicted molar refractivity (Wildman–Crippen MR) is 67.9 cm³/mol. The summed E-state index contributed by atoms with van der Waals surface area (Å²) in [6.07, 6.45) is 7.53. The van der Waals surface area contributed by atoms with Gasteiger partial charge in [0.15, 0.2) is 0 Å². The van der Waals surface area contributed by atoms with E-state index in [2.05, 4.69) is 10.1 Å². The number of aromatic nitrogens is 2. The van der Waals surface area contributed by atoms with Crippen molar-refractivity contribution in [2.45, 2.75) is 63.5 Å².